The number of aromatic nitrogens is 4. The molecule has 0 bridgehead atoms. The summed E-state index contributed by atoms with van der Waals surface area (Å²) in [5.74, 6) is 0.838. The molecule has 3 aromatic heterocycles. The van der Waals surface area contributed by atoms with Crippen molar-refractivity contribution >= 4 is 27.8 Å². The number of fused-ring (bicyclic) bond motifs is 2. The minimum atomic E-state index is -0.129. The number of benzene rings is 1. The normalized spacial score (nSPS) is 16.1. The monoisotopic (exact) mass is 490 g/mol. The molecule has 2 aliphatic rings. The Labute approximate surface area is 216 Å². The van der Waals surface area contributed by atoms with E-state index in [1.165, 1.54) is 12.0 Å². The SMILES string of the molecule is N#Cc1c(N2CCCCC2)n(CC2=CCCCC=C2)c2c(=O)n(Cc3cccc4cccnc34)cnc12. The molecule has 0 unspecified atom stereocenters. The van der Waals surface area contributed by atoms with Gasteiger partial charge in [0.05, 0.1) is 18.4 Å². The van der Waals surface area contributed by atoms with Crippen molar-refractivity contribution in [3.63, 3.8) is 0 Å². The van der Waals surface area contributed by atoms with E-state index in [4.69, 9.17) is 4.98 Å². The van der Waals surface area contributed by atoms with Gasteiger partial charge in [0, 0.05) is 31.2 Å². The third-order valence-corrected chi connectivity index (χ3v) is 7.48. The van der Waals surface area contributed by atoms with Crippen molar-refractivity contribution in [1.82, 2.24) is 19.1 Å². The van der Waals surface area contributed by atoms with Crippen LogP contribution in [0.2, 0.25) is 0 Å². The first-order valence-corrected chi connectivity index (χ1v) is 13.2. The average molecular weight is 491 g/mol. The topological polar surface area (TPSA) is 79.7 Å². The molecule has 1 aromatic carbocycles. The second-order valence-electron chi connectivity index (χ2n) is 9.92. The van der Waals surface area contributed by atoms with E-state index in [1.807, 2.05) is 30.3 Å². The Bertz CT molecular complexity index is 1620. The van der Waals surface area contributed by atoms with Gasteiger partial charge < -0.3 is 9.47 Å². The number of pyridine rings is 1. The van der Waals surface area contributed by atoms with Crippen LogP contribution in [0.3, 0.4) is 0 Å². The van der Waals surface area contributed by atoms with E-state index < -0.39 is 0 Å². The summed E-state index contributed by atoms with van der Waals surface area (Å²) in [6.07, 6.45) is 16.6. The number of hydrogen-bond acceptors (Lipinski definition) is 5. The molecule has 0 atom stereocenters. The fraction of sp³-hybridized carbons (Fsp3) is 0.333. The van der Waals surface area contributed by atoms with Crippen LogP contribution in [-0.4, -0.2) is 32.2 Å². The van der Waals surface area contributed by atoms with Gasteiger partial charge in [0.1, 0.15) is 28.5 Å². The first kappa shape index (κ1) is 23.2. The molecule has 7 nitrogen and oxygen atoms in total. The van der Waals surface area contributed by atoms with E-state index in [1.54, 1.807) is 17.1 Å². The predicted octanol–water partition coefficient (Wildman–Crippen LogP) is 5.32. The quantitative estimate of drug-likeness (QED) is 0.378. The molecule has 0 saturated carbocycles. The molecular weight excluding hydrogens is 460 g/mol. The highest BCUT2D eigenvalue weighted by Gasteiger charge is 2.27. The summed E-state index contributed by atoms with van der Waals surface area (Å²) in [5, 5.41) is 11.3. The van der Waals surface area contributed by atoms with Crippen LogP contribution in [0.5, 0.6) is 0 Å². The molecule has 0 N–H and O–H groups in total. The van der Waals surface area contributed by atoms with E-state index in [2.05, 4.69) is 38.7 Å². The van der Waals surface area contributed by atoms with Gasteiger partial charge in [-0.2, -0.15) is 5.26 Å². The van der Waals surface area contributed by atoms with Gasteiger partial charge in [-0.25, -0.2) is 4.98 Å². The van der Waals surface area contributed by atoms with Crippen LogP contribution in [0, 0.1) is 11.3 Å². The smallest absolute Gasteiger partial charge is 0.278 e. The second kappa shape index (κ2) is 10.1. The number of anilines is 1. The van der Waals surface area contributed by atoms with E-state index >= 15 is 0 Å². The van der Waals surface area contributed by atoms with Crippen molar-refractivity contribution in [2.24, 2.45) is 0 Å². The molecular formula is C30H30N6O. The summed E-state index contributed by atoms with van der Waals surface area (Å²) >= 11 is 0. The summed E-state index contributed by atoms with van der Waals surface area (Å²) in [4.78, 5) is 25.6. The van der Waals surface area contributed by atoms with Gasteiger partial charge in [-0.3, -0.25) is 14.3 Å². The van der Waals surface area contributed by atoms with Gasteiger partial charge in [0.2, 0.25) is 0 Å². The number of nitrogens with zero attached hydrogens (tertiary/aromatic N) is 6. The van der Waals surface area contributed by atoms with Gasteiger partial charge in [0.15, 0.2) is 0 Å². The Morgan fingerprint density at radius 2 is 1.81 bits per heavy atom. The van der Waals surface area contributed by atoms with Crippen molar-refractivity contribution < 1.29 is 0 Å². The third kappa shape index (κ3) is 4.33. The fourth-order valence-electron chi connectivity index (χ4n) is 5.66. The highest BCUT2D eigenvalue weighted by atomic mass is 16.1. The van der Waals surface area contributed by atoms with Crippen LogP contribution in [0.25, 0.3) is 21.9 Å². The van der Waals surface area contributed by atoms with Crippen molar-refractivity contribution in [2.75, 3.05) is 18.0 Å². The van der Waals surface area contributed by atoms with E-state index in [-0.39, 0.29) is 5.56 Å². The van der Waals surface area contributed by atoms with Crippen LogP contribution in [0.15, 0.2) is 71.5 Å². The van der Waals surface area contributed by atoms with Crippen molar-refractivity contribution in [2.45, 2.75) is 51.6 Å². The molecule has 4 heterocycles. The minimum absolute atomic E-state index is 0.129. The number of para-hydroxylation sites is 1. The van der Waals surface area contributed by atoms with Crippen molar-refractivity contribution in [3.05, 3.63) is 88.1 Å². The number of piperidine rings is 1. The lowest BCUT2D eigenvalue weighted by molar-refractivity contribution is 0.564. The summed E-state index contributed by atoms with van der Waals surface area (Å²) in [5.41, 5.74) is 4.40. The van der Waals surface area contributed by atoms with E-state index in [0.29, 0.717) is 29.7 Å². The molecule has 6 rings (SSSR count). The highest BCUT2D eigenvalue weighted by molar-refractivity contribution is 5.89. The Hall–Kier alpha value is -4.18. The van der Waals surface area contributed by atoms with Crippen LogP contribution in [0.4, 0.5) is 5.82 Å². The van der Waals surface area contributed by atoms with Gasteiger partial charge >= 0.3 is 0 Å². The van der Waals surface area contributed by atoms with Gasteiger partial charge in [-0.15, -0.1) is 0 Å². The minimum Gasteiger partial charge on any atom is -0.357 e. The summed E-state index contributed by atoms with van der Waals surface area (Å²) in [6, 6.07) is 12.4. The van der Waals surface area contributed by atoms with Crippen molar-refractivity contribution in [1.29, 1.82) is 5.26 Å². The molecule has 7 heteroatoms. The number of rotatable bonds is 5. The maximum Gasteiger partial charge on any atom is 0.278 e. The first-order chi connectivity index (χ1) is 18.2. The number of allylic oxidation sites excluding steroid dienone is 4. The van der Waals surface area contributed by atoms with E-state index in [9.17, 15) is 10.1 Å². The molecule has 37 heavy (non-hydrogen) atoms. The summed E-state index contributed by atoms with van der Waals surface area (Å²) in [6.45, 7) is 2.69. The van der Waals surface area contributed by atoms with Crippen LogP contribution in [0.1, 0.15) is 49.7 Å². The summed E-state index contributed by atoms with van der Waals surface area (Å²) < 4.78 is 3.72. The second-order valence-corrected chi connectivity index (χ2v) is 9.92. The van der Waals surface area contributed by atoms with Crippen molar-refractivity contribution in [3.8, 4) is 6.07 Å². The Morgan fingerprint density at radius 1 is 0.946 bits per heavy atom. The molecule has 0 radical (unpaired) electrons. The van der Waals surface area contributed by atoms with Crippen LogP contribution >= 0.6 is 0 Å². The molecule has 1 aliphatic heterocycles. The maximum atomic E-state index is 14.1. The largest absolute Gasteiger partial charge is 0.357 e. The third-order valence-electron chi connectivity index (χ3n) is 7.48. The average Bonchev–Trinajstić information content (AvgIpc) is 3.05. The lowest BCUT2D eigenvalue weighted by atomic mass is 10.1. The Morgan fingerprint density at radius 3 is 2.68 bits per heavy atom. The molecule has 1 aliphatic carbocycles. The Balaban J connectivity index is 1.53. The number of hydrogen-bond donors (Lipinski definition) is 0. The first-order valence-electron chi connectivity index (χ1n) is 13.2. The van der Waals surface area contributed by atoms with Crippen LogP contribution in [-0.2, 0) is 13.1 Å². The van der Waals surface area contributed by atoms with E-state index in [0.717, 1.165) is 67.5 Å². The molecule has 186 valence electrons. The highest BCUT2D eigenvalue weighted by Crippen LogP contribution is 2.33. The predicted molar refractivity (Wildman–Crippen MR) is 147 cm³/mol. The summed E-state index contributed by atoms with van der Waals surface area (Å²) in [7, 11) is 0. The zero-order valence-electron chi connectivity index (χ0n) is 20.9. The molecule has 0 amide bonds. The molecule has 4 aromatic rings. The van der Waals surface area contributed by atoms with Gasteiger partial charge in [-0.1, -0.05) is 42.5 Å². The standard InChI is InChI=1S/C30H30N6O/c31-18-25-27-28(30(37)35(21-33-27)20-24-13-8-12-23-14-9-15-32-26(23)24)36(19-22-10-4-1-2-5-11-22)29(25)34-16-6-3-7-17-34/h4,8-15,21H,1-3,5-7,16-17,19-20H2. The molecule has 1 fully saturated rings. The van der Waals surface area contributed by atoms with Gasteiger partial charge in [0.25, 0.3) is 5.56 Å². The fourth-order valence-corrected chi connectivity index (χ4v) is 5.66. The maximum absolute atomic E-state index is 14.1. The lowest BCUT2D eigenvalue weighted by Gasteiger charge is -2.30. The molecule has 0 spiro atoms. The Kier molecular flexibility index (Phi) is 6.32. The van der Waals surface area contributed by atoms with Gasteiger partial charge in [-0.05, 0) is 55.7 Å². The molecule has 1 saturated heterocycles. The number of nitriles is 1. The van der Waals surface area contributed by atoms with Crippen LogP contribution < -0.4 is 10.5 Å². The zero-order valence-corrected chi connectivity index (χ0v) is 20.9. The lowest BCUT2D eigenvalue weighted by Crippen LogP contribution is -2.32. The zero-order chi connectivity index (χ0) is 25.2.